The number of carboxylic acid groups (broad SMARTS) is 2. The van der Waals surface area contributed by atoms with Crippen LogP contribution in [0.4, 0.5) is 4.79 Å². The summed E-state index contributed by atoms with van der Waals surface area (Å²) in [7, 11) is 0. The minimum absolute atomic E-state index is 0. The molecule has 0 heterocycles. The van der Waals surface area contributed by atoms with Crippen LogP contribution in [0.25, 0.3) is 0 Å². The summed E-state index contributed by atoms with van der Waals surface area (Å²) in [6, 6.07) is 0. The van der Waals surface area contributed by atoms with Gasteiger partial charge in [-0.25, -0.2) is 4.79 Å². The number of rotatable bonds is 0. The van der Waals surface area contributed by atoms with Gasteiger partial charge in [-0.3, -0.25) is 0 Å². The quantitative estimate of drug-likeness (QED) is 0.355. The predicted molar refractivity (Wildman–Crippen MR) is 26.3 cm³/mol. The van der Waals surface area contributed by atoms with Crippen molar-refractivity contribution in [2.75, 3.05) is 0 Å². The van der Waals surface area contributed by atoms with Gasteiger partial charge in [-0.1, -0.05) is 0 Å². The summed E-state index contributed by atoms with van der Waals surface area (Å²) >= 11 is 0. The van der Waals surface area contributed by atoms with E-state index in [0.717, 1.165) is 0 Å². The molecule has 30 valence electrons. The molecule has 0 saturated carbocycles. The molecular weight excluding hydrogens is 76.0 g/mol. The Morgan fingerprint density at radius 2 is 1.33 bits per heavy atom. The van der Waals surface area contributed by atoms with E-state index in [0.29, 0.717) is 0 Å². The molecular formula is CH5BeLiO3. The molecule has 0 spiro atoms. The molecule has 6 heavy (non-hydrogen) atoms. The number of carbonyl (C=O) groups is 1. The monoisotopic (exact) mass is 81.1 g/mol. The van der Waals surface area contributed by atoms with Crippen LogP contribution in [0.2, 0.25) is 0 Å². The van der Waals surface area contributed by atoms with Gasteiger partial charge in [0.1, 0.15) is 0 Å². The van der Waals surface area contributed by atoms with E-state index in [2.05, 4.69) is 0 Å². The second kappa shape index (κ2) is 8.90. The van der Waals surface area contributed by atoms with Crippen molar-refractivity contribution in [2.24, 2.45) is 0 Å². The van der Waals surface area contributed by atoms with E-state index in [9.17, 15) is 0 Å². The molecule has 0 aliphatic rings. The van der Waals surface area contributed by atoms with Gasteiger partial charge in [-0.2, -0.15) is 0 Å². The molecule has 0 fully saturated rings. The molecule has 0 aliphatic carbocycles. The zero-order valence-electron chi connectivity index (χ0n) is 1.80. The van der Waals surface area contributed by atoms with Gasteiger partial charge in [0, 0.05) is 0 Å². The second-order valence-electron chi connectivity index (χ2n) is 0.283. The van der Waals surface area contributed by atoms with Crippen LogP contribution in [0, 0.1) is 0 Å². The standard InChI is InChI=1S/CH2O3.Be.Li.3H/c2-1(3)4;;;;;/h(H2,2,3,4);;;;;. The Morgan fingerprint density at radius 3 is 1.33 bits per heavy atom. The van der Waals surface area contributed by atoms with Gasteiger partial charge >= 0.3 is 35.1 Å². The molecule has 0 radical (unpaired) electrons. The molecule has 0 rings (SSSR count). The molecule has 0 aromatic heterocycles. The Balaban J connectivity index is -0.0000000450. The van der Waals surface area contributed by atoms with Crippen LogP contribution >= 0.6 is 0 Å². The Bertz CT molecular complexity index is 33.8. The summed E-state index contributed by atoms with van der Waals surface area (Å²) in [6.45, 7) is 0. The van der Waals surface area contributed by atoms with Gasteiger partial charge in [0.05, 0.1) is 0 Å². The first-order valence-electron chi connectivity index (χ1n) is 0.651. The van der Waals surface area contributed by atoms with Crippen molar-refractivity contribution in [3.63, 3.8) is 0 Å². The van der Waals surface area contributed by atoms with E-state index in [1.54, 1.807) is 0 Å². The van der Waals surface area contributed by atoms with Gasteiger partial charge in [0.15, 0.2) is 0 Å². The van der Waals surface area contributed by atoms with Crippen molar-refractivity contribution in [1.82, 2.24) is 0 Å². The number of hydrogen-bond acceptors (Lipinski definition) is 1. The van der Waals surface area contributed by atoms with Crippen LogP contribution in [0.1, 0.15) is 0 Å². The van der Waals surface area contributed by atoms with Crippen molar-refractivity contribution < 1.29 is 15.0 Å². The maximum absolute atomic E-state index is 8.56. The molecule has 5 heteroatoms. The van der Waals surface area contributed by atoms with Crippen LogP contribution < -0.4 is 0 Å². The van der Waals surface area contributed by atoms with Crippen molar-refractivity contribution in [3.8, 4) is 0 Å². The third-order valence-corrected chi connectivity index (χ3v) is 0. The topological polar surface area (TPSA) is 57.5 Å². The normalized spacial score (nSPS) is 4.00. The van der Waals surface area contributed by atoms with Crippen molar-refractivity contribution in [2.45, 2.75) is 0 Å². The van der Waals surface area contributed by atoms with Crippen LogP contribution in [0.5, 0.6) is 0 Å². The summed E-state index contributed by atoms with van der Waals surface area (Å²) in [6.07, 6.45) is -1.83. The average Bonchev–Trinajstić information content (AvgIpc) is 0.811. The molecule has 0 aliphatic heterocycles. The van der Waals surface area contributed by atoms with E-state index in [-0.39, 0.29) is 29.0 Å². The Hall–Kier alpha value is 0.0362. The molecule has 3 nitrogen and oxygen atoms in total. The van der Waals surface area contributed by atoms with Gasteiger partial charge in [-0.05, 0) is 0 Å². The van der Waals surface area contributed by atoms with Crippen LogP contribution in [0.3, 0.4) is 0 Å². The molecule has 0 amide bonds. The summed E-state index contributed by atoms with van der Waals surface area (Å²) in [5.74, 6) is 0. The molecule has 0 bridgehead atoms. The summed E-state index contributed by atoms with van der Waals surface area (Å²) in [5, 5.41) is 13.9. The van der Waals surface area contributed by atoms with Gasteiger partial charge in [0.2, 0.25) is 0 Å². The van der Waals surface area contributed by atoms with Gasteiger partial charge in [0.25, 0.3) is 0 Å². The van der Waals surface area contributed by atoms with E-state index in [4.69, 9.17) is 15.0 Å². The predicted octanol–water partition coefficient (Wildman–Crippen LogP) is -1.34. The SMILES string of the molecule is O=C(O)O.[BeH2].[LiH]. The molecule has 0 aromatic rings. The molecule has 0 unspecified atom stereocenters. The Morgan fingerprint density at radius 1 is 1.33 bits per heavy atom. The molecule has 0 aromatic carbocycles. The van der Waals surface area contributed by atoms with Crippen molar-refractivity contribution in [1.29, 1.82) is 0 Å². The van der Waals surface area contributed by atoms with E-state index < -0.39 is 6.16 Å². The summed E-state index contributed by atoms with van der Waals surface area (Å²) in [5.41, 5.74) is 0. The minimum atomic E-state index is -1.83. The zero-order valence-corrected chi connectivity index (χ0v) is 1.80. The Labute approximate surface area is 50.8 Å². The van der Waals surface area contributed by atoms with Crippen molar-refractivity contribution in [3.05, 3.63) is 0 Å². The fourth-order valence-electron chi connectivity index (χ4n) is 0. The first-order chi connectivity index (χ1) is 1.73. The summed E-state index contributed by atoms with van der Waals surface area (Å²) < 4.78 is 0. The number of hydrogen-bond donors (Lipinski definition) is 2. The fraction of sp³-hybridized carbons (Fsp3) is 0. The first kappa shape index (κ1) is 16.6. The third kappa shape index (κ3) is 28300. The van der Waals surface area contributed by atoms with Crippen LogP contribution in [-0.2, 0) is 0 Å². The van der Waals surface area contributed by atoms with Gasteiger partial charge < -0.3 is 10.2 Å². The first-order valence-corrected chi connectivity index (χ1v) is 0.651. The second-order valence-corrected chi connectivity index (χ2v) is 0.283. The molecule has 0 saturated heterocycles. The maximum atomic E-state index is 8.56. The molecule has 2 N–H and O–H groups in total. The van der Waals surface area contributed by atoms with Crippen LogP contribution in [0.15, 0.2) is 0 Å². The molecule has 0 atom stereocenters. The average molecular weight is 81.0 g/mol. The summed E-state index contributed by atoms with van der Waals surface area (Å²) in [4.78, 5) is 8.56. The van der Waals surface area contributed by atoms with E-state index >= 15 is 0 Å². The van der Waals surface area contributed by atoms with Crippen molar-refractivity contribution >= 4 is 35.1 Å². The Kier molecular flexibility index (Phi) is 24.6. The third-order valence-electron chi connectivity index (χ3n) is 0. The van der Waals surface area contributed by atoms with E-state index in [1.165, 1.54) is 0 Å². The van der Waals surface area contributed by atoms with Crippen LogP contribution in [-0.4, -0.2) is 45.4 Å². The zero-order chi connectivity index (χ0) is 3.58. The van der Waals surface area contributed by atoms with E-state index in [1.807, 2.05) is 0 Å². The fourth-order valence-corrected chi connectivity index (χ4v) is 0. The van der Waals surface area contributed by atoms with Gasteiger partial charge in [-0.15, -0.1) is 0 Å².